The SMILES string of the molecule is CC(=O)N(C(C)=O)[C@H]1CC[C@H](CCN2CCN(c3cccc(Cl)c3Cl)CC2)CC1. The fraction of sp³-hybridized carbons (Fsp3) is 0.636. The van der Waals surface area contributed by atoms with Crippen LogP contribution in [0.4, 0.5) is 5.69 Å². The van der Waals surface area contributed by atoms with Crippen LogP contribution in [0.1, 0.15) is 46.0 Å². The van der Waals surface area contributed by atoms with Crippen molar-refractivity contribution < 1.29 is 9.59 Å². The van der Waals surface area contributed by atoms with Crippen molar-refractivity contribution in [2.45, 2.75) is 52.0 Å². The van der Waals surface area contributed by atoms with Gasteiger partial charge < -0.3 is 4.90 Å². The lowest BCUT2D eigenvalue weighted by Gasteiger charge is -2.38. The van der Waals surface area contributed by atoms with Crippen LogP contribution in [0.15, 0.2) is 18.2 Å². The molecule has 160 valence electrons. The van der Waals surface area contributed by atoms with Gasteiger partial charge in [0, 0.05) is 46.1 Å². The molecule has 1 aromatic rings. The molecule has 2 fully saturated rings. The van der Waals surface area contributed by atoms with E-state index in [1.807, 2.05) is 18.2 Å². The second kappa shape index (κ2) is 10.1. The number of carbonyl (C=O) groups is 2. The van der Waals surface area contributed by atoms with Crippen LogP contribution in [-0.2, 0) is 9.59 Å². The molecule has 1 aromatic carbocycles. The first-order valence-electron chi connectivity index (χ1n) is 10.6. The van der Waals surface area contributed by atoms with Gasteiger partial charge >= 0.3 is 0 Å². The van der Waals surface area contributed by atoms with Crippen molar-refractivity contribution in [2.75, 3.05) is 37.6 Å². The molecule has 5 nitrogen and oxygen atoms in total. The molecule has 1 heterocycles. The van der Waals surface area contributed by atoms with Crippen LogP contribution < -0.4 is 4.90 Å². The van der Waals surface area contributed by atoms with Crippen molar-refractivity contribution in [2.24, 2.45) is 5.92 Å². The van der Waals surface area contributed by atoms with Crippen LogP contribution in [-0.4, -0.2) is 60.4 Å². The van der Waals surface area contributed by atoms with E-state index in [0.29, 0.717) is 16.0 Å². The van der Waals surface area contributed by atoms with Gasteiger partial charge in [0.1, 0.15) is 0 Å². The highest BCUT2D eigenvalue weighted by atomic mass is 35.5. The number of nitrogens with zero attached hydrogens (tertiary/aromatic N) is 3. The highest BCUT2D eigenvalue weighted by Gasteiger charge is 2.30. The Bertz CT molecular complexity index is 713. The molecule has 0 aromatic heterocycles. The quantitative estimate of drug-likeness (QED) is 0.678. The zero-order valence-corrected chi connectivity index (χ0v) is 18.9. The van der Waals surface area contributed by atoms with E-state index < -0.39 is 0 Å². The zero-order valence-electron chi connectivity index (χ0n) is 17.4. The van der Waals surface area contributed by atoms with Crippen molar-refractivity contribution in [3.05, 3.63) is 28.2 Å². The number of halogens is 2. The Balaban J connectivity index is 1.41. The van der Waals surface area contributed by atoms with Crippen LogP contribution in [0.25, 0.3) is 0 Å². The molecule has 2 aliphatic rings. The van der Waals surface area contributed by atoms with Gasteiger partial charge in [-0.15, -0.1) is 0 Å². The maximum atomic E-state index is 11.7. The molecular weight excluding hydrogens is 409 g/mol. The van der Waals surface area contributed by atoms with Gasteiger partial charge in [-0.25, -0.2) is 0 Å². The molecular formula is C22H31Cl2N3O2. The molecule has 2 amide bonds. The first kappa shape index (κ1) is 22.4. The Morgan fingerprint density at radius 2 is 1.62 bits per heavy atom. The smallest absolute Gasteiger partial charge is 0.226 e. The Morgan fingerprint density at radius 3 is 2.21 bits per heavy atom. The van der Waals surface area contributed by atoms with Gasteiger partial charge in [0.25, 0.3) is 0 Å². The van der Waals surface area contributed by atoms with Crippen molar-refractivity contribution in [3.8, 4) is 0 Å². The third-order valence-electron chi connectivity index (χ3n) is 6.36. The largest absolute Gasteiger partial charge is 0.368 e. The second-order valence-electron chi connectivity index (χ2n) is 8.27. The standard InChI is InChI=1S/C22H31Cl2N3O2/c1-16(28)27(17(2)29)19-8-6-18(7-9-19)10-11-25-12-14-26(15-13-25)21-5-3-4-20(23)22(21)24/h3-5,18-19H,6-15H2,1-2H3/t18-,19-. The molecule has 0 unspecified atom stereocenters. The molecule has 1 aliphatic heterocycles. The van der Waals surface area contributed by atoms with Crippen molar-refractivity contribution in [1.29, 1.82) is 0 Å². The van der Waals surface area contributed by atoms with E-state index in [-0.39, 0.29) is 17.9 Å². The molecule has 1 saturated heterocycles. The monoisotopic (exact) mass is 439 g/mol. The summed E-state index contributed by atoms with van der Waals surface area (Å²) in [7, 11) is 0. The summed E-state index contributed by atoms with van der Waals surface area (Å²) >= 11 is 12.5. The van der Waals surface area contributed by atoms with Crippen molar-refractivity contribution in [3.63, 3.8) is 0 Å². The van der Waals surface area contributed by atoms with E-state index in [1.165, 1.54) is 25.2 Å². The summed E-state index contributed by atoms with van der Waals surface area (Å²) < 4.78 is 0. The lowest BCUT2D eigenvalue weighted by Crippen LogP contribution is -2.47. The second-order valence-corrected chi connectivity index (χ2v) is 9.06. The van der Waals surface area contributed by atoms with Gasteiger partial charge in [-0.3, -0.25) is 19.4 Å². The van der Waals surface area contributed by atoms with E-state index in [1.54, 1.807) is 0 Å². The van der Waals surface area contributed by atoms with Gasteiger partial charge in [0.05, 0.1) is 15.7 Å². The topological polar surface area (TPSA) is 43.9 Å². The number of imide groups is 1. The molecule has 0 spiro atoms. The summed E-state index contributed by atoms with van der Waals surface area (Å²) in [5.41, 5.74) is 1.03. The summed E-state index contributed by atoms with van der Waals surface area (Å²) in [6.07, 6.45) is 5.25. The average molecular weight is 440 g/mol. The lowest BCUT2D eigenvalue weighted by molar-refractivity contribution is -0.145. The predicted molar refractivity (Wildman–Crippen MR) is 119 cm³/mol. The van der Waals surface area contributed by atoms with E-state index in [2.05, 4.69) is 9.80 Å². The Labute approximate surface area is 183 Å². The summed E-state index contributed by atoms with van der Waals surface area (Å²) in [4.78, 5) is 29.8. The Kier molecular flexibility index (Phi) is 7.83. The lowest BCUT2D eigenvalue weighted by atomic mass is 9.83. The van der Waals surface area contributed by atoms with Crippen LogP contribution in [0.3, 0.4) is 0 Å². The molecule has 0 bridgehead atoms. The molecule has 0 N–H and O–H groups in total. The van der Waals surface area contributed by atoms with Crippen LogP contribution in [0.2, 0.25) is 10.0 Å². The predicted octanol–water partition coefficient (Wildman–Crippen LogP) is 4.46. The third-order valence-corrected chi connectivity index (χ3v) is 7.17. The number of rotatable bonds is 5. The van der Waals surface area contributed by atoms with E-state index in [4.69, 9.17) is 23.2 Å². The number of benzene rings is 1. The Morgan fingerprint density at radius 1 is 1.00 bits per heavy atom. The van der Waals surface area contributed by atoms with Gasteiger partial charge in [-0.05, 0) is 56.7 Å². The molecule has 3 rings (SSSR count). The fourth-order valence-electron chi connectivity index (χ4n) is 4.74. The highest BCUT2D eigenvalue weighted by Crippen LogP contribution is 2.33. The van der Waals surface area contributed by atoms with Gasteiger partial charge in [-0.2, -0.15) is 0 Å². The van der Waals surface area contributed by atoms with Gasteiger partial charge in [0.15, 0.2) is 0 Å². The van der Waals surface area contributed by atoms with Crippen LogP contribution in [0, 0.1) is 5.92 Å². The first-order valence-corrected chi connectivity index (χ1v) is 11.3. The normalized spacial score (nSPS) is 23.1. The Hall–Kier alpha value is -1.30. The van der Waals surface area contributed by atoms with E-state index in [9.17, 15) is 9.59 Å². The minimum absolute atomic E-state index is 0.0900. The number of hydrogen-bond donors (Lipinski definition) is 0. The minimum Gasteiger partial charge on any atom is -0.368 e. The first-order chi connectivity index (χ1) is 13.9. The molecule has 0 radical (unpaired) electrons. The van der Waals surface area contributed by atoms with Crippen LogP contribution in [0.5, 0.6) is 0 Å². The van der Waals surface area contributed by atoms with Gasteiger partial charge in [0.2, 0.25) is 11.8 Å². The number of piperazine rings is 1. The number of anilines is 1. The van der Waals surface area contributed by atoms with Crippen molar-refractivity contribution in [1.82, 2.24) is 9.80 Å². The summed E-state index contributed by atoms with van der Waals surface area (Å²) in [5.74, 6) is 0.435. The molecule has 1 aliphatic carbocycles. The molecule has 7 heteroatoms. The average Bonchev–Trinajstić information content (AvgIpc) is 2.69. The van der Waals surface area contributed by atoms with Crippen molar-refractivity contribution >= 4 is 40.7 Å². The summed E-state index contributed by atoms with van der Waals surface area (Å²) in [6, 6.07) is 5.90. The molecule has 1 saturated carbocycles. The maximum Gasteiger partial charge on any atom is 0.226 e. The maximum absolute atomic E-state index is 11.7. The fourth-order valence-corrected chi connectivity index (χ4v) is 5.16. The van der Waals surface area contributed by atoms with E-state index in [0.717, 1.165) is 64.1 Å². The number of amides is 2. The zero-order chi connectivity index (χ0) is 21.0. The summed E-state index contributed by atoms with van der Waals surface area (Å²) in [6.45, 7) is 8.06. The molecule has 29 heavy (non-hydrogen) atoms. The number of hydrogen-bond acceptors (Lipinski definition) is 4. The van der Waals surface area contributed by atoms with Gasteiger partial charge in [-0.1, -0.05) is 29.3 Å². The summed E-state index contributed by atoms with van der Waals surface area (Å²) in [5, 5.41) is 1.25. The highest BCUT2D eigenvalue weighted by molar-refractivity contribution is 6.43. The minimum atomic E-state index is -0.126. The molecule has 0 atom stereocenters. The van der Waals surface area contributed by atoms with E-state index >= 15 is 0 Å². The number of carbonyl (C=O) groups excluding carboxylic acids is 2. The van der Waals surface area contributed by atoms with Crippen LogP contribution >= 0.6 is 23.2 Å². The third kappa shape index (κ3) is 5.65.